The van der Waals surface area contributed by atoms with Gasteiger partial charge in [0.1, 0.15) is 4.90 Å². The Bertz CT molecular complexity index is 616. The van der Waals surface area contributed by atoms with Crippen LogP contribution in [0.1, 0.15) is 26.7 Å². The average molecular weight is 351 g/mol. The van der Waals surface area contributed by atoms with E-state index in [0.717, 1.165) is 0 Å². The van der Waals surface area contributed by atoms with Crippen LogP contribution in [0, 0.1) is 0 Å². The van der Waals surface area contributed by atoms with Crippen molar-refractivity contribution >= 4 is 21.6 Å². The molecule has 0 aromatic heterocycles. The first kappa shape index (κ1) is 19.0. The number of methoxy groups -OCH3 is 2. The summed E-state index contributed by atoms with van der Waals surface area (Å²) in [4.78, 5) is -0.0682. The number of rotatable bonds is 8. The third-order valence-corrected chi connectivity index (χ3v) is 5.62. The second-order valence-corrected chi connectivity index (χ2v) is 7.17. The molecule has 0 aliphatic heterocycles. The zero-order chi connectivity index (χ0) is 17.0. The lowest BCUT2D eigenvalue weighted by Crippen LogP contribution is -2.49. The molecule has 0 radical (unpaired) electrons. The van der Waals surface area contributed by atoms with Crippen molar-refractivity contribution in [2.45, 2.75) is 37.1 Å². The van der Waals surface area contributed by atoms with Gasteiger partial charge in [-0.25, -0.2) is 13.1 Å². The zero-order valence-electron chi connectivity index (χ0n) is 13.3. The Morgan fingerprint density at radius 1 is 1.18 bits per heavy atom. The van der Waals surface area contributed by atoms with Gasteiger partial charge in [-0.3, -0.25) is 0 Å². The van der Waals surface area contributed by atoms with Crippen LogP contribution >= 0.6 is 11.6 Å². The fourth-order valence-electron chi connectivity index (χ4n) is 1.86. The number of nitrogens with one attached hydrogen (secondary N) is 1. The maximum absolute atomic E-state index is 12.5. The van der Waals surface area contributed by atoms with Crippen molar-refractivity contribution in [1.82, 2.24) is 4.72 Å². The van der Waals surface area contributed by atoms with Gasteiger partial charge in [-0.1, -0.05) is 25.4 Å². The molecular weight excluding hydrogens is 328 g/mol. The van der Waals surface area contributed by atoms with E-state index < -0.39 is 15.6 Å². The summed E-state index contributed by atoms with van der Waals surface area (Å²) in [7, 11) is -0.924. The smallest absolute Gasteiger partial charge is 0.242 e. The topological polar surface area (TPSA) is 90.7 Å². The molecule has 0 spiro atoms. The SMILES string of the molecule is CCC(N)(CC)CNS(=O)(=O)c1cc(OC)c(OC)cc1Cl. The molecule has 0 atom stereocenters. The highest BCUT2D eigenvalue weighted by atomic mass is 35.5. The van der Waals surface area contributed by atoms with Gasteiger partial charge in [0.2, 0.25) is 10.0 Å². The molecule has 0 saturated carbocycles. The minimum absolute atomic E-state index is 0.0563. The van der Waals surface area contributed by atoms with Crippen molar-refractivity contribution in [3.63, 3.8) is 0 Å². The predicted molar refractivity (Wildman–Crippen MR) is 87.2 cm³/mol. The summed E-state index contributed by atoms with van der Waals surface area (Å²) in [6.07, 6.45) is 1.32. The largest absolute Gasteiger partial charge is 0.493 e. The quantitative estimate of drug-likeness (QED) is 0.749. The van der Waals surface area contributed by atoms with Crippen LogP contribution in [0.15, 0.2) is 17.0 Å². The summed E-state index contributed by atoms with van der Waals surface area (Å²) in [5.74, 6) is 0.652. The van der Waals surface area contributed by atoms with Crippen molar-refractivity contribution in [3.8, 4) is 11.5 Å². The van der Waals surface area contributed by atoms with Gasteiger partial charge in [-0.15, -0.1) is 0 Å². The highest BCUT2D eigenvalue weighted by molar-refractivity contribution is 7.89. The van der Waals surface area contributed by atoms with E-state index in [0.29, 0.717) is 18.6 Å². The van der Waals surface area contributed by atoms with Crippen molar-refractivity contribution in [2.24, 2.45) is 5.73 Å². The Morgan fingerprint density at radius 2 is 1.68 bits per heavy atom. The van der Waals surface area contributed by atoms with Gasteiger partial charge >= 0.3 is 0 Å². The monoisotopic (exact) mass is 350 g/mol. The summed E-state index contributed by atoms with van der Waals surface area (Å²) in [6.45, 7) is 3.97. The van der Waals surface area contributed by atoms with Crippen LogP contribution in [0.2, 0.25) is 5.02 Å². The molecule has 6 nitrogen and oxygen atoms in total. The standard InChI is InChI=1S/C14H23ClN2O4S/c1-5-14(16,6-2)9-17-22(18,19)13-8-12(21-4)11(20-3)7-10(13)15/h7-8,17H,5-6,9,16H2,1-4H3. The first-order chi connectivity index (χ1) is 10.2. The molecule has 8 heteroatoms. The van der Waals surface area contributed by atoms with Crippen LogP contribution in [-0.4, -0.2) is 34.7 Å². The fraction of sp³-hybridized carbons (Fsp3) is 0.571. The Morgan fingerprint density at radius 3 is 2.14 bits per heavy atom. The van der Waals surface area contributed by atoms with E-state index in [1.807, 2.05) is 13.8 Å². The van der Waals surface area contributed by atoms with Gasteiger partial charge in [0.05, 0.1) is 19.2 Å². The first-order valence-electron chi connectivity index (χ1n) is 6.93. The predicted octanol–water partition coefficient (Wildman–Crippen LogP) is 2.15. The summed E-state index contributed by atoms with van der Waals surface area (Å²) in [6, 6.07) is 2.74. The fourth-order valence-corrected chi connectivity index (χ4v) is 3.53. The van der Waals surface area contributed by atoms with Crippen LogP contribution in [0.5, 0.6) is 11.5 Å². The number of sulfonamides is 1. The third-order valence-electron chi connectivity index (χ3n) is 3.75. The van der Waals surface area contributed by atoms with Crippen molar-refractivity contribution < 1.29 is 17.9 Å². The lowest BCUT2D eigenvalue weighted by Gasteiger charge is -2.26. The number of hydrogen-bond donors (Lipinski definition) is 2. The van der Waals surface area contributed by atoms with Gasteiger partial charge in [-0.2, -0.15) is 0 Å². The van der Waals surface area contributed by atoms with Gasteiger partial charge in [-0.05, 0) is 12.8 Å². The normalized spacial score (nSPS) is 12.3. The Kier molecular flexibility index (Phi) is 6.49. The summed E-state index contributed by atoms with van der Waals surface area (Å²) < 4.78 is 37.6. The van der Waals surface area contributed by atoms with Crippen molar-refractivity contribution in [1.29, 1.82) is 0 Å². The maximum atomic E-state index is 12.5. The van der Waals surface area contributed by atoms with E-state index in [4.69, 9.17) is 26.8 Å². The number of nitrogens with two attached hydrogens (primary N) is 1. The van der Waals surface area contributed by atoms with Crippen molar-refractivity contribution in [3.05, 3.63) is 17.2 Å². The van der Waals surface area contributed by atoms with Gasteiger partial charge < -0.3 is 15.2 Å². The molecule has 0 aliphatic rings. The summed E-state index contributed by atoms with van der Waals surface area (Å²) in [5.41, 5.74) is 5.53. The number of halogens is 1. The first-order valence-corrected chi connectivity index (χ1v) is 8.79. The van der Waals surface area contributed by atoms with Gasteiger partial charge in [0.15, 0.2) is 11.5 Å². The van der Waals surface area contributed by atoms with E-state index in [1.165, 1.54) is 26.4 Å². The molecule has 1 rings (SSSR count). The van der Waals surface area contributed by atoms with Gasteiger partial charge in [0, 0.05) is 24.2 Å². The van der Waals surface area contributed by atoms with E-state index in [9.17, 15) is 8.42 Å². The Balaban J connectivity index is 3.13. The average Bonchev–Trinajstić information content (AvgIpc) is 2.52. The molecule has 22 heavy (non-hydrogen) atoms. The number of ether oxygens (including phenoxy) is 2. The minimum atomic E-state index is -3.80. The van der Waals surface area contributed by atoms with Crippen molar-refractivity contribution in [2.75, 3.05) is 20.8 Å². The van der Waals surface area contributed by atoms with Crippen LogP contribution < -0.4 is 19.9 Å². The number of hydrogen-bond acceptors (Lipinski definition) is 5. The van der Waals surface area contributed by atoms with Crippen LogP contribution in [0.25, 0.3) is 0 Å². The Hall–Kier alpha value is -1.02. The Labute approximate surface area is 137 Å². The summed E-state index contributed by atoms with van der Waals surface area (Å²) in [5, 5.41) is 0.0563. The lowest BCUT2D eigenvalue weighted by atomic mass is 9.95. The highest BCUT2D eigenvalue weighted by Crippen LogP contribution is 2.35. The highest BCUT2D eigenvalue weighted by Gasteiger charge is 2.26. The van der Waals surface area contributed by atoms with Crippen LogP contribution in [-0.2, 0) is 10.0 Å². The molecule has 0 heterocycles. The van der Waals surface area contributed by atoms with E-state index in [1.54, 1.807) is 0 Å². The molecule has 1 aromatic rings. The van der Waals surface area contributed by atoms with E-state index in [-0.39, 0.29) is 22.2 Å². The zero-order valence-corrected chi connectivity index (χ0v) is 14.8. The third kappa shape index (κ3) is 4.25. The molecule has 1 aromatic carbocycles. The molecule has 3 N–H and O–H groups in total. The molecular formula is C14H23ClN2O4S. The molecule has 0 saturated heterocycles. The maximum Gasteiger partial charge on any atom is 0.242 e. The molecule has 0 amide bonds. The van der Waals surface area contributed by atoms with Gasteiger partial charge in [0.25, 0.3) is 0 Å². The second-order valence-electron chi connectivity index (χ2n) is 5.03. The van der Waals surface area contributed by atoms with E-state index in [2.05, 4.69) is 4.72 Å². The molecule has 0 bridgehead atoms. The second kappa shape index (κ2) is 7.50. The molecule has 126 valence electrons. The molecule has 0 unspecified atom stereocenters. The molecule has 0 fully saturated rings. The minimum Gasteiger partial charge on any atom is -0.493 e. The van der Waals surface area contributed by atoms with E-state index >= 15 is 0 Å². The lowest BCUT2D eigenvalue weighted by molar-refractivity contribution is 0.353. The number of benzene rings is 1. The van der Waals surface area contributed by atoms with Crippen LogP contribution in [0.4, 0.5) is 0 Å². The van der Waals surface area contributed by atoms with Crippen LogP contribution in [0.3, 0.4) is 0 Å². The molecule has 0 aliphatic carbocycles. The summed E-state index contributed by atoms with van der Waals surface area (Å²) >= 11 is 6.05.